The predicted octanol–water partition coefficient (Wildman–Crippen LogP) is 2.63. The maximum absolute atomic E-state index is 13.1. The van der Waals surface area contributed by atoms with Crippen molar-refractivity contribution in [3.05, 3.63) is 49.8 Å². The van der Waals surface area contributed by atoms with Crippen LogP contribution in [0.3, 0.4) is 0 Å². The number of carbonyl (C=O) groups excluding carboxylic acids is 1. The average Bonchev–Trinajstić information content (AvgIpc) is 2.45. The quantitative estimate of drug-likeness (QED) is 0.529. The second-order valence-electron chi connectivity index (χ2n) is 4.41. The molecule has 0 aliphatic heterocycles. The van der Waals surface area contributed by atoms with Gasteiger partial charge in [-0.15, -0.1) is 0 Å². The number of hydrogen-bond acceptors (Lipinski definition) is 5. The molecule has 0 aliphatic carbocycles. The molecule has 0 bridgehead atoms. The van der Waals surface area contributed by atoms with Gasteiger partial charge in [0.15, 0.2) is 0 Å². The molecule has 0 saturated heterocycles. The van der Waals surface area contributed by atoms with Crippen LogP contribution in [0.1, 0.15) is 23.0 Å². The second kappa shape index (κ2) is 5.71. The normalized spacial score (nSPS) is 11.5. The summed E-state index contributed by atoms with van der Waals surface area (Å²) >= 11 is 0. The summed E-state index contributed by atoms with van der Waals surface area (Å²) in [6.45, 7) is 1.13. The van der Waals surface area contributed by atoms with Crippen molar-refractivity contribution in [1.29, 1.82) is 0 Å². The number of pyridine rings is 1. The minimum atomic E-state index is -5.00. The molecule has 1 aromatic heterocycles. The van der Waals surface area contributed by atoms with E-state index in [2.05, 4.69) is 4.74 Å². The molecule has 0 fully saturated rings. The molecule has 0 aliphatic rings. The highest BCUT2D eigenvalue weighted by molar-refractivity contribution is 5.95. The summed E-state index contributed by atoms with van der Waals surface area (Å²) in [6, 6.07) is 2.72. The van der Waals surface area contributed by atoms with Crippen molar-refractivity contribution in [2.75, 3.05) is 6.61 Å². The highest BCUT2D eigenvalue weighted by atomic mass is 19.4. The molecule has 2 aromatic rings. The summed E-state index contributed by atoms with van der Waals surface area (Å²) in [5, 5.41) is 10.3. The number of nitro benzene ring substituents is 1. The largest absolute Gasteiger partial charge is 0.462 e. The summed E-state index contributed by atoms with van der Waals surface area (Å²) in [4.78, 5) is 35.8. The number of carbonyl (C=O) groups is 1. The molecule has 0 unspecified atom stereocenters. The van der Waals surface area contributed by atoms with E-state index in [-0.39, 0.29) is 12.1 Å². The number of benzene rings is 1. The number of aromatic amines is 1. The van der Waals surface area contributed by atoms with Crippen LogP contribution < -0.4 is 5.43 Å². The fourth-order valence-electron chi connectivity index (χ4n) is 2.00. The van der Waals surface area contributed by atoms with Crippen molar-refractivity contribution in [2.24, 2.45) is 0 Å². The van der Waals surface area contributed by atoms with Crippen LogP contribution >= 0.6 is 0 Å². The van der Waals surface area contributed by atoms with Gasteiger partial charge in [0, 0.05) is 12.1 Å². The van der Waals surface area contributed by atoms with Gasteiger partial charge in [-0.2, -0.15) is 13.2 Å². The Morgan fingerprint density at radius 1 is 1.39 bits per heavy atom. The van der Waals surface area contributed by atoms with Crippen molar-refractivity contribution in [3.8, 4) is 0 Å². The molecular weight excluding hydrogens is 321 g/mol. The van der Waals surface area contributed by atoms with Gasteiger partial charge in [-0.05, 0) is 13.0 Å². The minimum Gasteiger partial charge on any atom is -0.462 e. The zero-order valence-electron chi connectivity index (χ0n) is 11.6. The van der Waals surface area contributed by atoms with Crippen LogP contribution in [0.25, 0.3) is 10.9 Å². The lowest BCUT2D eigenvalue weighted by molar-refractivity contribution is -0.384. The lowest BCUT2D eigenvalue weighted by atomic mass is 10.1. The third kappa shape index (κ3) is 3.00. The van der Waals surface area contributed by atoms with Gasteiger partial charge in [0.2, 0.25) is 5.43 Å². The van der Waals surface area contributed by atoms with Gasteiger partial charge in [0.05, 0.1) is 22.4 Å². The van der Waals surface area contributed by atoms with E-state index in [0.717, 1.165) is 18.2 Å². The Balaban J connectivity index is 2.88. The standard InChI is InChI=1S/C13H9F3N2O5/c1-2-23-12(20)9-10(19)7-5-6(18(21)22)3-4-8(7)17-11(9)13(14,15)16/h3-5H,2H2,1H3,(H,17,19). The van der Waals surface area contributed by atoms with Gasteiger partial charge >= 0.3 is 12.1 Å². The summed E-state index contributed by atoms with van der Waals surface area (Å²) in [6.07, 6.45) is -5.00. The van der Waals surface area contributed by atoms with Gasteiger partial charge in [-0.25, -0.2) is 4.79 Å². The molecule has 122 valence electrons. The average molecular weight is 330 g/mol. The number of esters is 1. The van der Waals surface area contributed by atoms with Crippen LogP contribution in [0.2, 0.25) is 0 Å². The highest BCUT2D eigenvalue weighted by Gasteiger charge is 2.39. The predicted molar refractivity (Wildman–Crippen MR) is 72.2 cm³/mol. The molecule has 1 N–H and O–H groups in total. The van der Waals surface area contributed by atoms with E-state index in [9.17, 15) is 32.9 Å². The number of nitro groups is 1. The number of nitrogens with zero attached hydrogens (tertiary/aromatic N) is 1. The van der Waals surface area contributed by atoms with E-state index in [1.807, 2.05) is 4.98 Å². The van der Waals surface area contributed by atoms with Crippen molar-refractivity contribution in [2.45, 2.75) is 13.1 Å². The lowest BCUT2D eigenvalue weighted by Gasteiger charge is -2.13. The van der Waals surface area contributed by atoms with E-state index in [0.29, 0.717) is 0 Å². The van der Waals surface area contributed by atoms with Crippen LogP contribution in [0.15, 0.2) is 23.0 Å². The molecule has 0 amide bonds. The van der Waals surface area contributed by atoms with Crippen molar-refractivity contribution < 1.29 is 27.6 Å². The summed E-state index contributed by atoms with van der Waals surface area (Å²) in [5.74, 6) is -1.45. The highest BCUT2D eigenvalue weighted by Crippen LogP contribution is 2.31. The first-order valence-electron chi connectivity index (χ1n) is 6.25. The maximum atomic E-state index is 13.1. The number of rotatable bonds is 3. The van der Waals surface area contributed by atoms with E-state index < -0.39 is 44.8 Å². The van der Waals surface area contributed by atoms with Crippen LogP contribution in [-0.2, 0) is 10.9 Å². The van der Waals surface area contributed by atoms with Crippen molar-refractivity contribution in [3.63, 3.8) is 0 Å². The third-order valence-electron chi connectivity index (χ3n) is 2.96. The van der Waals surface area contributed by atoms with Gasteiger partial charge < -0.3 is 9.72 Å². The number of nitrogens with one attached hydrogen (secondary N) is 1. The number of hydrogen-bond donors (Lipinski definition) is 1. The fraction of sp³-hybridized carbons (Fsp3) is 0.231. The Hall–Kier alpha value is -2.91. The molecule has 23 heavy (non-hydrogen) atoms. The van der Waals surface area contributed by atoms with E-state index >= 15 is 0 Å². The van der Waals surface area contributed by atoms with Gasteiger partial charge in [0.1, 0.15) is 11.3 Å². The maximum Gasteiger partial charge on any atom is 0.432 e. The topological polar surface area (TPSA) is 102 Å². The Morgan fingerprint density at radius 3 is 2.57 bits per heavy atom. The number of halogens is 3. The second-order valence-corrected chi connectivity index (χ2v) is 4.41. The van der Waals surface area contributed by atoms with Crippen molar-refractivity contribution >= 4 is 22.6 Å². The first-order chi connectivity index (χ1) is 10.7. The molecule has 2 rings (SSSR count). The molecule has 1 aromatic carbocycles. The first-order valence-corrected chi connectivity index (χ1v) is 6.25. The van der Waals surface area contributed by atoms with Gasteiger partial charge in [-0.1, -0.05) is 0 Å². The first kappa shape index (κ1) is 16.5. The van der Waals surface area contributed by atoms with E-state index in [1.165, 1.54) is 6.92 Å². The molecule has 0 atom stereocenters. The van der Waals surface area contributed by atoms with Crippen LogP contribution in [0, 0.1) is 10.1 Å². The Labute approximate surface area is 125 Å². The van der Waals surface area contributed by atoms with Crippen LogP contribution in [0.5, 0.6) is 0 Å². The molecular formula is C13H9F3N2O5. The zero-order valence-corrected chi connectivity index (χ0v) is 11.6. The van der Waals surface area contributed by atoms with Gasteiger partial charge in [0.25, 0.3) is 5.69 Å². The number of non-ortho nitro benzene ring substituents is 1. The molecule has 0 radical (unpaired) electrons. The molecule has 0 saturated carbocycles. The summed E-state index contributed by atoms with van der Waals surface area (Å²) in [5.41, 5.74) is -4.83. The number of ether oxygens (including phenoxy) is 1. The number of alkyl halides is 3. The van der Waals surface area contributed by atoms with E-state index in [1.54, 1.807) is 0 Å². The van der Waals surface area contributed by atoms with Crippen molar-refractivity contribution in [1.82, 2.24) is 4.98 Å². The third-order valence-corrected chi connectivity index (χ3v) is 2.96. The Bertz CT molecular complexity index is 857. The van der Waals surface area contributed by atoms with Gasteiger partial charge in [-0.3, -0.25) is 14.9 Å². The minimum absolute atomic E-state index is 0.234. The lowest BCUT2D eigenvalue weighted by Crippen LogP contribution is -2.26. The molecule has 1 heterocycles. The zero-order chi connectivity index (χ0) is 17.4. The smallest absolute Gasteiger partial charge is 0.432 e. The van der Waals surface area contributed by atoms with Crippen LogP contribution in [0.4, 0.5) is 18.9 Å². The number of aromatic nitrogens is 1. The Morgan fingerprint density at radius 2 is 2.04 bits per heavy atom. The molecule has 7 nitrogen and oxygen atoms in total. The SMILES string of the molecule is CCOC(=O)c1c(C(F)(F)F)[nH]c2ccc([N+](=O)[O-])cc2c1=O. The monoisotopic (exact) mass is 330 g/mol. The number of fused-ring (bicyclic) bond motifs is 1. The molecule has 0 spiro atoms. The van der Waals surface area contributed by atoms with E-state index in [4.69, 9.17) is 0 Å². The molecule has 10 heteroatoms. The number of H-pyrrole nitrogens is 1. The summed E-state index contributed by atoms with van der Waals surface area (Å²) < 4.78 is 43.7. The Kier molecular flexibility index (Phi) is 4.08. The fourth-order valence-corrected chi connectivity index (χ4v) is 2.00. The van der Waals surface area contributed by atoms with Crippen LogP contribution in [-0.4, -0.2) is 22.5 Å². The summed E-state index contributed by atoms with van der Waals surface area (Å²) in [7, 11) is 0.